The molecule has 0 bridgehead atoms. The Morgan fingerprint density at radius 3 is 3.00 bits per heavy atom. The summed E-state index contributed by atoms with van der Waals surface area (Å²) in [6.07, 6.45) is 2.70. The van der Waals surface area contributed by atoms with Gasteiger partial charge in [-0.1, -0.05) is 6.07 Å². The van der Waals surface area contributed by atoms with E-state index in [4.69, 9.17) is 5.73 Å². The molecule has 5 nitrogen and oxygen atoms in total. The van der Waals surface area contributed by atoms with Gasteiger partial charge in [0.2, 0.25) is 5.91 Å². The van der Waals surface area contributed by atoms with Crippen molar-refractivity contribution in [2.75, 3.05) is 20.1 Å². The van der Waals surface area contributed by atoms with Gasteiger partial charge in [0, 0.05) is 13.6 Å². The van der Waals surface area contributed by atoms with Crippen LogP contribution in [0.1, 0.15) is 5.56 Å². The SMILES string of the molecule is CN(CCc1ccc2c(c1)ncn2C)CC(N)=O. The molecule has 0 radical (unpaired) electrons. The van der Waals surface area contributed by atoms with Crippen LogP contribution < -0.4 is 5.73 Å². The number of hydrogen-bond acceptors (Lipinski definition) is 3. The molecule has 18 heavy (non-hydrogen) atoms. The zero-order valence-corrected chi connectivity index (χ0v) is 10.8. The van der Waals surface area contributed by atoms with E-state index in [1.54, 1.807) is 0 Å². The first kappa shape index (κ1) is 12.6. The number of aromatic nitrogens is 2. The van der Waals surface area contributed by atoms with Gasteiger partial charge in [-0.25, -0.2) is 4.98 Å². The molecule has 0 aliphatic heterocycles. The Kier molecular flexibility index (Phi) is 3.62. The maximum atomic E-state index is 10.8. The largest absolute Gasteiger partial charge is 0.369 e. The Bertz CT molecular complexity index is 561. The lowest BCUT2D eigenvalue weighted by atomic mass is 10.1. The number of primary amides is 1. The second-order valence-electron chi connectivity index (χ2n) is 4.63. The second kappa shape index (κ2) is 5.18. The highest BCUT2D eigenvalue weighted by atomic mass is 16.1. The molecule has 2 aromatic rings. The second-order valence-corrected chi connectivity index (χ2v) is 4.63. The first-order chi connectivity index (χ1) is 8.56. The van der Waals surface area contributed by atoms with Gasteiger partial charge in [0.15, 0.2) is 0 Å². The van der Waals surface area contributed by atoms with Crippen LogP contribution in [0.2, 0.25) is 0 Å². The maximum Gasteiger partial charge on any atom is 0.231 e. The fourth-order valence-corrected chi connectivity index (χ4v) is 2.00. The molecule has 5 heteroatoms. The van der Waals surface area contributed by atoms with Gasteiger partial charge < -0.3 is 10.3 Å². The third-order valence-electron chi connectivity index (χ3n) is 3.00. The number of carbonyl (C=O) groups is 1. The highest BCUT2D eigenvalue weighted by molar-refractivity contribution is 5.76. The van der Waals surface area contributed by atoms with Crippen molar-refractivity contribution in [2.24, 2.45) is 12.8 Å². The van der Waals surface area contributed by atoms with Crippen molar-refractivity contribution < 1.29 is 4.79 Å². The molecular formula is C13H18N4O. The predicted molar refractivity (Wildman–Crippen MR) is 71.1 cm³/mol. The summed E-state index contributed by atoms with van der Waals surface area (Å²) >= 11 is 0. The van der Waals surface area contributed by atoms with Gasteiger partial charge in [0.05, 0.1) is 23.9 Å². The summed E-state index contributed by atoms with van der Waals surface area (Å²) in [5, 5.41) is 0. The number of carbonyl (C=O) groups excluding carboxylic acids is 1. The molecule has 0 spiro atoms. The van der Waals surface area contributed by atoms with Crippen molar-refractivity contribution in [3.8, 4) is 0 Å². The molecule has 0 fully saturated rings. The molecule has 1 amide bonds. The molecule has 2 rings (SSSR count). The number of fused-ring (bicyclic) bond motifs is 1. The highest BCUT2D eigenvalue weighted by Crippen LogP contribution is 2.14. The minimum Gasteiger partial charge on any atom is -0.369 e. The van der Waals surface area contributed by atoms with Crippen molar-refractivity contribution in [2.45, 2.75) is 6.42 Å². The number of nitrogens with two attached hydrogens (primary N) is 1. The summed E-state index contributed by atoms with van der Waals surface area (Å²) in [6, 6.07) is 6.27. The molecule has 0 saturated heterocycles. The van der Waals surface area contributed by atoms with E-state index in [1.165, 1.54) is 5.56 Å². The van der Waals surface area contributed by atoms with Gasteiger partial charge in [-0.3, -0.25) is 9.69 Å². The van der Waals surface area contributed by atoms with Gasteiger partial charge >= 0.3 is 0 Å². The first-order valence-corrected chi connectivity index (χ1v) is 5.93. The van der Waals surface area contributed by atoms with E-state index in [-0.39, 0.29) is 5.91 Å². The van der Waals surface area contributed by atoms with Crippen LogP contribution in [0.15, 0.2) is 24.5 Å². The third kappa shape index (κ3) is 2.87. The van der Waals surface area contributed by atoms with Crippen molar-refractivity contribution in [1.82, 2.24) is 14.5 Å². The highest BCUT2D eigenvalue weighted by Gasteiger charge is 2.04. The van der Waals surface area contributed by atoms with Crippen molar-refractivity contribution in [1.29, 1.82) is 0 Å². The number of rotatable bonds is 5. The number of aryl methyl sites for hydroxylation is 1. The molecular weight excluding hydrogens is 228 g/mol. The smallest absolute Gasteiger partial charge is 0.231 e. The molecule has 0 aliphatic rings. The lowest BCUT2D eigenvalue weighted by Crippen LogP contribution is -2.32. The molecule has 96 valence electrons. The summed E-state index contributed by atoms with van der Waals surface area (Å²) in [4.78, 5) is 17.0. The van der Waals surface area contributed by atoms with E-state index < -0.39 is 0 Å². The number of hydrogen-bond donors (Lipinski definition) is 1. The topological polar surface area (TPSA) is 64.2 Å². The van der Waals surface area contributed by atoms with E-state index in [1.807, 2.05) is 29.9 Å². The quantitative estimate of drug-likeness (QED) is 0.837. The van der Waals surface area contributed by atoms with Crippen molar-refractivity contribution >= 4 is 16.9 Å². The number of likely N-dealkylation sites (N-methyl/N-ethyl adjacent to an activating group) is 1. The van der Waals surface area contributed by atoms with E-state index in [2.05, 4.69) is 23.2 Å². The number of imidazole rings is 1. The minimum absolute atomic E-state index is 0.294. The Hall–Kier alpha value is -1.88. The number of benzene rings is 1. The van der Waals surface area contributed by atoms with Crippen molar-refractivity contribution in [3.05, 3.63) is 30.1 Å². The minimum atomic E-state index is -0.294. The molecule has 0 atom stereocenters. The van der Waals surface area contributed by atoms with E-state index in [0.717, 1.165) is 24.0 Å². The molecule has 1 aromatic heterocycles. The summed E-state index contributed by atoms with van der Waals surface area (Å²) in [5.41, 5.74) is 8.50. The van der Waals surface area contributed by atoms with Gasteiger partial charge in [-0.15, -0.1) is 0 Å². The summed E-state index contributed by atoms with van der Waals surface area (Å²) in [6.45, 7) is 1.10. The summed E-state index contributed by atoms with van der Waals surface area (Å²) < 4.78 is 2.00. The normalized spacial score (nSPS) is 11.3. The monoisotopic (exact) mass is 246 g/mol. The Labute approximate surface area is 106 Å². The zero-order valence-electron chi connectivity index (χ0n) is 10.8. The lowest BCUT2D eigenvalue weighted by molar-refractivity contribution is -0.118. The van der Waals surface area contributed by atoms with Gasteiger partial charge in [0.25, 0.3) is 0 Å². The fourth-order valence-electron chi connectivity index (χ4n) is 2.00. The van der Waals surface area contributed by atoms with E-state index in [0.29, 0.717) is 6.54 Å². The standard InChI is InChI=1S/C13H18N4O/c1-16(8-13(14)18)6-5-10-3-4-12-11(7-10)15-9-17(12)2/h3-4,7,9H,5-6,8H2,1-2H3,(H2,14,18). The first-order valence-electron chi connectivity index (χ1n) is 5.93. The van der Waals surface area contributed by atoms with Gasteiger partial charge in [0.1, 0.15) is 0 Å². The van der Waals surface area contributed by atoms with Crippen LogP contribution in [0, 0.1) is 0 Å². The molecule has 0 unspecified atom stereocenters. The van der Waals surface area contributed by atoms with Crippen LogP contribution in [-0.4, -0.2) is 40.5 Å². The van der Waals surface area contributed by atoms with Crippen LogP contribution in [0.3, 0.4) is 0 Å². The summed E-state index contributed by atoms with van der Waals surface area (Å²) in [7, 11) is 3.87. The zero-order chi connectivity index (χ0) is 13.1. The Morgan fingerprint density at radius 1 is 1.50 bits per heavy atom. The van der Waals surface area contributed by atoms with Gasteiger partial charge in [-0.2, -0.15) is 0 Å². The maximum absolute atomic E-state index is 10.8. The third-order valence-corrected chi connectivity index (χ3v) is 3.00. The Morgan fingerprint density at radius 2 is 2.28 bits per heavy atom. The average molecular weight is 246 g/mol. The molecule has 1 aromatic carbocycles. The van der Waals surface area contributed by atoms with Crippen LogP contribution in [-0.2, 0) is 18.3 Å². The number of amides is 1. The summed E-state index contributed by atoms with van der Waals surface area (Å²) in [5.74, 6) is -0.294. The van der Waals surface area contributed by atoms with Crippen LogP contribution in [0.5, 0.6) is 0 Å². The molecule has 0 saturated carbocycles. The predicted octanol–water partition coefficient (Wildman–Crippen LogP) is 0.533. The van der Waals surface area contributed by atoms with Gasteiger partial charge in [-0.05, 0) is 31.2 Å². The van der Waals surface area contributed by atoms with Crippen LogP contribution in [0.4, 0.5) is 0 Å². The van der Waals surface area contributed by atoms with Crippen LogP contribution in [0.25, 0.3) is 11.0 Å². The lowest BCUT2D eigenvalue weighted by Gasteiger charge is -2.14. The van der Waals surface area contributed by atoms with E-state index >= 15 is 0 Å². The van der Waals surface area contributed by atoms with Crippen LogP contribution >= 0.6 is 0 Å². The average Bonchev–Trinajstić information content (AvgIpc) is 2.67. The van der Waals surface area contributed by atoms with E-state index in [9.17, 15) is 4.79 Å². The number of nitrogens with zero attached hydrogens (tertiary/aromatic N) is 3. The fraction of sp³-hybridized carbons (Fsp3) is 0.385. The molecule has 1 heterocycles. The Balaban J connectivity index is 2.01. The van der Waals surface area contributed by atoms with Crippen molar-refractivity contribution in [3.63, 3.8) is 0 Å². The molecule has 2 N–H and O–H groups in total. The molecule has 0 aliphatic carbocycles.